The molecule has 1 aliphatic carbocycles. The SMILES string of the molecule is Fc1ccc2c(c1)CC=C2Cc1nnc(Cc2ccccc2)n1CCCC1=CCC=N1. The van der Waals surface area contributed by atoms with E-state index in [1.165, 1.54) is 16.8 Å². The van der Waals surface area contributed by atoms with Crippen molar-refractivity contribution in [3.8, 4) is 0 Å². The highest BCUT2D eigenvalue weighted by Crippen LogP contribution is 2.30. The highest BCUT2D eigenvalue weighted by atomic mass is 19.1. The van der Waals surface area contributed by atoms with Crippen LogP contribution in [0.1, 0.15) is 47.6 Å². The number of benzene rings is 2. The Hall–Kier alpha value is -3.34. The van der Waals surface area contributed by atoms with Crippen LogP contribution < -0.4 is 0 Å². The van der Waals surface area contributed by atoms with Crippen molar-refractivity contribution in [1.29, 1.82) is 0 Å². The number of hydrogen-bond acceptors (Lipinski definition) is 3. The molecule has 0 spiro atoms. The lowest BCUT2D eigenvalue weighted by Gasteiger charge is -2.12. The van der Waals surface area contributed by atoms with E-state index in [-0.39, 0.29) is 5.82 Å². The van der Waals surface area contributed by atoms with Gasteiger partial charge in [0.25, 0.3) is 0 Å². The van der Waals surface area contributed by atoms with E-state index in [1.807, 2.05) is 18.3 Å². The summed E-state index contributed by atoms with van der Waals surface area (Å²) in [7, 11) is 0. The fraction of sp³-hybridized carbons (Fsp3) is 0.269. The van der Waals surface area contributed by atoms with Gasteiger partial charge in [0.2, 0.25) is 0 Å². The van der Waals surface area contributed by atoms with Crippen molar-refractivity contribution < 1.29 is 4.39 Å². The average molecular weight is 413 g/mol. The maximum absolute atomic E-state index is 13.6. The second-order valence-electron chi connectivity index (χ2n) is 8.10. The monoisotopic (exact) mass is 412 g/mol. The maximum Gasteiger partial charge on any atom is 0.137 e. The standard InChI is InChI=1S/C26H25FN4/c27-22-12-13-24-20(17-22)10-11-21(24)18-26-30-29-25(16-19-6-2-1-3-7-19)31(26)15-5-9-23-8-4-14-28-23/h1-3,6-8,11-14,17H,4-5,9-10,15-16,18H2. The zero-order valence-corrected chi connectivity index (χ0v) is 17.5. The number of nitrogens with zero attached hydrogens (tertiary/aromatic N) is 4. The molecule has 0 fully saturated rings. The van der Waals surface area contributed by atoms with Gasteiger partial charge in [-0.2, -0.15) is 0 Å². The van der Waals surface area contributed by atoms with Crippen LogP contribution in [0.25, 0.3) is 5.57 Å². The summed E-state index contributed by atoms with van der Waals surface area (Å²) >= 11 is 0. The number of hydrogen-bond donors (Lipinski definition) is 0. The minimum Gasteiger partial charge on any atom is -0.314 e. The normalized spacial score (nSPS) is 14.6. The Balaban J connectivity index is 1.38. The van der Waals surface area contributed by atoms with Gasteiger partial charge in [-0.15, -0.1) is 10.2 Å². The van der Waals surface area contributed by atoms with Gasteiger partial charge in [-0.25, -0.2) is 4.39 Å². The number of halogens is 1. The fourth-order valence-electron chi connectivity index (χ4n) is 4.39. The lowest BCUT2D eigenvalue weighted by Crippen LogP contribution is -2.10. The summed E-state index contributed by atoms with van der Waals surface area (Å²) in [6.45, 7) is 0.862. The van der Waals surface area contributed by atoms with Crippen LogP contribution in [-0.4, -0.2) is 21.0 Å². The van der Waals surface area contributed by atoms with Crippen molar-refractivity contribution in [2.75, 3.05) is 0 Å². The van der Waals surface area contributed by atoms with Gasteiger partial charge in [-0.05, 0) is 53.7 Å². The first-order chi connectivity index (χ1) is 15.3. The van der Waals surface area contributed by atoms with E-state index in [4.69, 9.17) is 0 Å². The second-order valence-corrected chi connectivity index (χ2v) is 8.10. The van der Waals surface area contributed by atoms with Gasteiger partial charge in [0.05, 0.1) is 0 Å². The minimum absolute atomic E-state index is 0.175. The molecule has 2 aromatic carbocycles. The molecule has 4 nitrogen and oxygen atoms in total. The Kier molecular flexibility index (Phi) is 5.57. The van der Waals surface area contributed by atoms with Crippen molar-refractivity contribution in [3.05, 3.63) is 101 Å². The highest BCUT2D eigenvalue weighted by molar-refractivity contribution is 5.74. The second kappa shape index (κ2) is 8.80. The Morgan fingerprint density at radius 3 is 2.58 bits per heavy atom. The summed E-state index contributed by atoms with van der Waals surface area (Å²) < 4.78 is 15.9. The molecular weight excluding hydrogens is 387 g/mol. The van der Waals surface area contributed by atoms with Crippen molar-refractivity contribution in [1.82, 2.24) is 14.8 Å². The smallest absolute Gasteiger partial charge is 0.137 e. The fourth-order valence-corrected chi connectivity index (χ4v) is 4.39. The molecule has 156 valence electrons. The number of fused-ring (bicyclic) bond motifs is 1. The lowest BCUT2D eigenvalue weighted by molar-refractivity contribution is 0.596. The van der Waals surface area contributed by atoms with Crippen LogP contribution in [0.15, 0.2) is 71.4 Å². The van der Waals surface area contributed by atoms with E-state index in [0.29, 0.717) is 6.42 Å². The summed E-state index contributed by atoms with van der Waals surface area (Å²) in [5.74, 6) is 1.78. The van der Waals surface area contributed by atoms with Crippen LogP contribution in [0.2, 0.25) is 0 Å². The lowest BCUT2D eigenvalue weighted by atomic mass is 10.0. The van der Waals surface area contributed by atoms with Crippen molar-refractivity contribution in [2.45, 2.75) is 45.1 Å². The predicted molar refractivity (Wildman–Crippen MR) is 121 cm³/mol. The Morgan fingerprint density at radius 1 is 0.935 bits per heavy atom. The average Bonchev–Trinajstić information content (AvgIpc) is 3.52. The van der Waals surface area contributed by atoms with Crippen molar-refractivity contribution >= 4 is 11.8 Å². The first-order valence-corrected chi connectivity index (χ1v) is 10.9. The number of rotatable bonds is 8. The molecule has 0 amide bonds. The van der Waals surface area contributed by atoms with Crippen LogP contribution in [0.3, 0.4) is 0 Å². The molecule has 5 heteroatoms. The molecule has 0 unspecified atom stereocenters. The third-order valence-electron chi connectivity index (χ3n) is 5.97. The number of allylic oxidation sites excluding steroid dienone is 4. The first-order valence-electron chi connectivity index (χ1n) is 10.9. The quantitative estimate of drug-likeness (QED) is 0.502. The Bertz CT molecular complexity index is 1170. The number of aliphatic imine (C=N–C) groups is 1. The highest BCUT2D eigenvalue weighted by Gasteiger charge is 2.19. The molecule has 2 heterocycles. The third kappa shape index (κ3) is 4.41. The molecule has 0 N–H and O–H groups in total. The van der Waals surface area contributed by atoms with E-state index in [0.717, 1.165) is 61.4 Å². The first kappa shape index (κ1) is 19.6. The predicted octanol–water partition coefficient (Wildman–Crippen LogP) is 5.33. The van der Waals surface area contributed by atoms with Gasteiger partial charge in [0, 0.05) is 37.7 Å². The third-order valence-corrected chi connectivity index (χ3v) is 5.97. The topological polar surface area (TPSA) is 43.1 Å². The molecule has 0 bridgehead atoms. The molecule has 1 aromatic heterocycles. The zero-order chi connectivity index (χ0) is 21.0. The summed E-state index contributed by atoms with van der Waals surface area (Å²) in [6.07, 6.45) is 11.5. The summed E-state index contributed by atoms with van der Waals surface area (Å²) in [5.41, 5.74) is 5.79. The van der Waals surface area contributed by atoms with E-state index in [2.05, 4.69) is 56.2 Å². The molecule has 2 aliphatic rings. The van der Waals surface area contributed by atoms with E-state index >= 15 is 0 Å². The van der Waals surface area contributed by atoms with Crippen LogP contribution in [0, 0.1) is 5.82 Å². The minimum atomic E-state index is -0.175. The largest absolute Gasteiger partial charge is 0.314 e. The van der Waals surface area contributed by atoms with Crippen molar-refractivity contribution in [2.24, 2.45) is 4.99 Å². The van der Waals surface area contributed by atoms with Crippen molar-refractivity contribution in [3.63, 3.8) is 0 Å². The van der Waals surface area contributed by atoms with Gasteiger partial charge in [-0.1, -0.05) is 48.6 Å². The molecular formula is C26H25FN4. The van der Waals surface area contributed by atoms with E-state index in [9.17, 15) is 4.39 Å². The van der Waals surface area contributed by atoms with Gasteiger partial charge in [0.15, 0.2) is 0 Å². The van der Waals surface area contributed by atoms with E-state index < -0.39 is 0 Å². The van der Waals surface area contributed by atoms with Crippen LogP contribution >= 0.6 is 0 Å². The van der Waals surface area contributed by atoms with Gasteiger partial charge in [-0.3, -0.25) is 4.99 Å². The molecule has 0 saturated carbocycles. The molecule has 0 saturated heterocycles. The Morgan fingerprint density at radius 2 is 1.77 bits per heavy atom. The summed E-state index contributed by atoms with van der Waals surface area (Å²) in [6, 6.07) is 15.5. The van der Waals surface area contributed by atoms with Gasteiger partial charge < -0.3 is 4.57 Å². The molecule has 31 heavy (non-hydrogen) atoms. The van der Waals surface area contributed by atoms with Gasteiger partial charge >= 0.3 is 0 Å². The number of aromatic nitrogens is 3. The van der Waals surface area contributed by atoms with Crippen LogP contribution in [-0.2, 0) is 25.8 Å². The molecule has 3 aromatic rings. The van der Waals surface area contributed by atoms with Gasteiger partial charge in [0.1, 0.15) is 17.5 Å². The molecule has 1 aliphatic heterocycles. The Labute approximate surface area is 181 Å². The molecule has 0 atom stereocenters. The molecule has 0 radical (unpaired) electrons. The summed E-state index contributed by atoms with van der Waals surface area (Å²) in [4.78, 5) is 4.44. The molecule has 5 rings (SSSR count). The van der Waals surface area contributed by atoms with Crippen LogP contribution in [0.4, 0.5) is 4.39 Å². The summed E-state index contributed by atoms with van der Waals surface area (Å²) in [5, 5.41) is 9.13. The van der Waals surface area contributed by atoms with Crippen LogP contribution in [0.5, 0.6) is 0 Å². The maximum atomic E-state index is 13.6. The zero-order valence-electron chi connectivity index (χ0n) is 17.5. The van der Waals surface area contributed by atoms with E-state index in [1.54, 1.807) is 12.1 Å².